The maximum absolute atomic E-state index is 13.9. The van der Waals surface area contributed by atoms with E-state index in [1.165, 1.54) is 24.9 Å². The molecular formula is C29H42N4O2. The fourth-order valence-electron chi connectivity index (χ4n) is 8.51. The third-order valence-corrected chi connectivity index (χ3v) is 9.94. The van der Waals surface area contributed by atoms with Gasteiger partial charge in [-0.2, -0.15) is 0 Å². The zero-order chi connectivity index (χ0) is 24.0. The lowest BCUT2D eigenvalue weighted by Crippen LogP contribution is -2.58. The van der Waals surface area contributed by atoms with Crippen LogP contribution in [0.15, 0.2) is 30.3 Å². The van der Waals surface area contributed by atoms with Crippen molar-refractivity contribution in [2.24, 2.45) is 23.2 Å². The predicted octanol–water partition coefficient (Wildman–Crippen LogP) is 3.52. The van der Waals surface area contributed by atoms with Gasteiger partial charge in [-0.1, -0.05) is 18.2 Å². The van der Waals surface area contributed by atoms with Crippen LogP contribution in [0.4, 0.5) is 5.69 Å². The summed E-state index contributed by atoms with van der Waals surface area (Å²) in [5, 5.41) is 3.24. The molecule has 2 amide bonds. The number of carbonyl (C=O) groups is 2. The minimum absolute atomic E-state index is 0.0651. The summed E-state index contributed by atoms with van der Waals surface area (Å²) in [6.45, 7) is 7.66. The molecule has 2 unspecified atom stereocenters. The van der Waals surface area contributed by atoms with Gasteiger partial charge in [0.05, 0.1) is 5.41 Å². The second-order valence-electron chi connectivity index (χ2n) is 12.3. The lowest BCUT2D eigenvalue weighted by molar-refractivity contribution is -0.160. The Labute approximate surface area is 210 Å². The fraction of sp³-hybridized carbons (Fsp3) is 0.724. The predicted molar refractivity (Wildman–Crippen MR) is 138 cm³/mol. The van der Waals surface area contributed by atoms with Crippen molar-refractivity contribution in [3.05, 3.63) is 30.3 Å². The summed E-state index contributed by atoms with van der Waals surface area (Å²) in [6, 6.07) is 10.6. The van der Waals surface area contributed by atoms with Gasteiger partial charge in [0.15, 0.2) is 0 Å². The summed E-state index contributed by atoms with van der Waals surface area (Å²) >= 11 is 0. The molecule has 2 atom stereocenters. The number of hydrogen-bond donors (Lipinski definition) is 1. The number of anilines is 1. The van der Waals surface area contributed by atoms with Gasteiger partial charge >= 0.3 is 0 Å². The molecule has 1 aromatic carbocycles. The van der Waals surface area contributed by atoms with Crippen LogP contribution in [0.3, 0.4) is 0 Å². The topological polar surface area (TPSA) is 55.9 Å². The maximum atomic E-state index is 13.9. The number of nitrogens with zero attached hydrogens (tertiary/aromatic N) is 3. The molecular weight excluding hydrogens is 436 g/mol. The lowest BCUT2D eigenvalue weighted by atomic mass is 9.49. The Morgan fingerprint density at radius 1 is 0.943 bits per heavy atom. The fourth-order valence-corrected chi connectivity index (χ4v) is 8.51. The van der Waals surface area contributed by atoms with E-state index in [-0.39, 0.29) is 17.4 Å². The third kappa shape index (κ3) is 4.47. The van der Waals surface area contributed by atoms with Gasteiger partial charge < -0.3 is 15.1 Å². The monoisotopic (exact) mass is 478 g/mol. The van der Waals surface area contributed by atoms with Gasteiger partial charge in [0.1, 0.15) is 6.04 Å². The van der Waals surface area contributed by atoms with E-state index in [2.05, 4.69) is 52.4 Å². The van der Waals surface area contributed by atoms with Gasteiger partial charge in [-0.25, -0.2) is 0 Å². The molecule has 4 saturated carbocycles. The number of likely N-dealkylation sites (tertiary alicyclic amines) is 1. The van der Waals surface area contributed by atoms with Crippen molar-refractivity contribution in [2.45, 2.75) is 70.4 Å². The second-order valence-corrected chi connectivity index (χ2v) is 12.3. The van der Waals surface area contributed by atoms with E-state index in [0.717, 1.165) is 82.6 Å². The number of para-hydroxylation sites is 1. The van der Waals surface area contributed by atoms with Crippen LogP contribution < -0.4 is 10.2 Å². The van der Waals surface area contributed by atoms with E-state index in [0.29, 0.717) is 18.5 Å². The summed E-state index contributed by atoms with van der Waals surface area (Å²) in [4.78, 5) is 34.1. The molecule has 6 fully saturated rings. The average molecular weight is 479 g/mol. The summed E-state index contributed by atoms with van der Waals surface area (Å²) in [7, 11) is 0. The normalized spacial score (nSPS) is 35.3. The van der Waals surface area contributed by atoms with Gasteiger partial charge in [0.25, 0.3) is 0 Å². The number of benzene rings is 1. The number of nitrogens with one attached hydrogen (secondary N) is 1. The van der Waals surface area contributed by atoms with Gasteiger partial charge in [-0.3, -0.25) is 14.5 Å². The largest absolute Gasteiger partial charge is 0.369 e. The van der Waals surface area contributed by atoms with Crippen molar-refractivity contribution < 1.29 is 9.59 Å². The van der Waals surface area contributed by atoms with E-state index in [1.54, 1.807) is 0 Å². The zero-order valence-corrected chi connectivity index (χ0v) is 21.3. The summed E-state index contributed by atoms with van der Waals surface area (Å²) < 4.78 is 0. The standard InChI is InChI=1S/C29H42N4O2/c1-21(31-10-12-32(13-11-31)25-6-3-2-4-7-25)20-30-27(34)26-8-5-9-33(26)28(35)29-17-22-14-23(18-29)16-24(15-22)19-29/h2-4,6-7,21-24,26H,5,8-20H2,1H3,(H,30,34). The second kappa shape index (κ2) is 9.42. The van der Waals surface area contributed by atoms with Crippen molar-refractivity contribution in [3.8, 4) is 0 Å². The Morgan fingerprint density at radius 3 is 2.20 bits per heavy atom. The van der Waals surface area contributed by atoms with Crippen molar-refractivity contribution in [2.75, 3.05) is 44.2 Å². The van der Waals surface area contributed by atoms with E-state index >= 15 is 0 Å². The number of piperazine rings is 1. The van der Waals surface area contributed by atoms with Crippen LogP contribution in [0.5, 0.6) is 0 Å². The molecule has 0 radical (unpaired) electrons. The molecule has 2 saturated heterocycles. The highest BCUT2D eigenvalue weighted by atomic mass is 16.2. The summed E-state index contributed by atoms with van der Waals surface area (Å²) in [5.74, 6) is 2.64. The van der Waals surface area contributed by atoms with Crippen LogP contribution in [0.2, 0.25) is 0 Å². The van der Waals surface area contributed by atoms with Crippen LogP contribution in [-0.2, 0) is 9.59 Å². The lowest BCUT2D eigenvalue weighted by Gasteiger charge is -2.56. The molecule has 2 heterocycles. The Morgan fingerprint density at radius 2 is 1.57 bits per heavy atom. The molecule has 35 heavy (non-hydrogen) atoms. The molecule has 4 bridgehead atoms. The van der Waals surface area contributed by atoms with Crippen molar-refractivity contribution in [1.82, 2.24) is 15.1 Å². The molecule has 7 rings (SSSR count). The highest BCUT2D eigenvalue weighted by molar-refractivity contribution is 5.91. The maximum Gasteiger partial charge on any atom is 0.242 e. The van der Waals surface area contributed by atoms with Gasteiger partial charge in [0.2, 0.25) is 11.8 Å². The van der Waals surface area contributed by atoms with Gasteiger partial charge in [-0.05, 0) is 88.2 Å². The minimum atomic E-state index is -0.266. The van der Waals surface area contributed by atoms with Crippen LogP contribution in [0.1, 0.15) is 58.3 Å². The molecule has 6 heteroatoms. The first-order valence-electron chi connectivity index (χ1n) is 14.1. The van der Waals surface area contributed by atoms with Gasteiger partial charge in [0, 0.05) is 51.0 Å². The Hall–Kier alpha value is -2.08. The van der Waals surface area contributed by atoms with Crippen LogP contribution >= 0.6 is 0 Å². The molecule has 0 aromatic heterocycles. The molecule has 6 aliphatic rings. The van der Waals surface area contributed by atoms with Crippen LogP contribution in [0, 0.1) is 23.2 Å². The molecule has 1 N–H and O–H groups in total. The SMILES string of the molecule is CC(CNC(=O)C1CCCN1C(=O)C12CC3CC(CC(C3)C1)C2)N1CCN(c2ccccc2)CC1. The quantitative estimate of drug-likeness (QED) is 0.680. The van der Waals surface area contributed by atoms with E-state index < -0.39 is 0 Å². The molecule has 2 aliphatic heterocycles. The Bertz CT molecular complexity index is 891. The van der Waals surface area contributed by atoms with Crippen LogP contribution in [-0.4, -0.2) is 73.0 Å². The minimum Gasteiger partial charge on any atom is -0.369 e. The first kappa shape index (κ1) is 23.3. The molecule has 4 aliphatic carbocycles. The van der Waals surface area contributed by atoms with Crippen molar-refractivity contribution >= 4 is 17.5 Å². The summed E-state index contributed by atoms with van der Waals surface area (Å²) in [6.07, 6.45) is 9.02. The summed E-state index contributed by atoms with van der Waals surface area (Å²) in [5.41, 5.74) is 1.14. The number of amides is 2. The average Bonchev–Trinajstić information content (AvgIpc) is 3.36. The van der Waals surface area contributed by atoms with E-state index in [9.17, 15) is 9.59 Å². The highest BCUT2D eigenvalue weighted by Gasteiger charge is 2.56. The van der Waals surface area contributed by atoms with E-state index in [4.69, 9.17) is 0 Å². The first-order valence-corrected chi connectivity index (χ1v) is 14.1. The van der Waals surface area contributed by atoms with Crippen LogP contribution in [0.25, 0.3) is 0 Å². The number of rotatable bonds is 6. The third-order valence-electron chi connectivity index (χ3n) is 9.94. The highest BCUT2D eigenvalue weighted by Crippen LogP contribution is 2.60. The Kier molecular flexibility index (Phi) is 6.28. The molecule has 6 nitrogen and oxygen atoms in total. The molecule has 190 valence electrons. The van der Waals surface area contributed by atoms with Gasteiger partial charge in [-0.15, -0.1) is 0 Å². The van der Waals surface area contributed by atoms with Crippen molar-refractivity contribution in [1.29, 1.82) is 0 Å². The zero-order valence-electron chi connectivity index (χ0n) is 21.3. The smallest absolute Gasteiger partial charge is 0.242 e. The number of hydrogen-bond acceptors (Lipinski definition) is 4. The first-order chi connectivity index (χ1) is 17.0. The number of carbonyl (C=O) groups excluding carboxylic acids is 2. The molecule has 0 spiro atoms. The Balaban J connectivity index is 1.02. The molecule has 1 aromatic rings. The van der Waals surface area contributed by atoms with Crippen molar-refractivity contribution in [3.63, 3.8) is 0 Å². The van der Waals surface area contributed by atoms with E-state index in [1.807, 2.05) is 4.90 Å².